The number of Topliss-reactive ketones (excluding diaryl/α,β-unsaturated/α-hetero) is 1. The molecule has 1 aliphatic rings. The molecular formula is C10H4F3N3O4. The van der Waals surface area contributed by atoms with Crippen LogP contribution in [0.2, 0.25) is 0 Å². The van der Waals surface area contributed by atoms with Crippen molar-refractivity contribution in [1.82, 2.24) is 0 Å². The molecule has 104 valence electrons. The molecular weight excluding hydrogens is 283 g/mol. The summed E-state index contributed by atoms with van der Waals surface area (Å²) in [6.07, 6.45) is -5.04. The second kappa shape index (κ2) is 4.40. The summed E-state index contributed by atoms with van der Waals surface area (Å²) >= 11 is 0. The number of hydrazone groups is 1. The van der Waals surface area contributed by atoms with Gasteiger partial charge in [0.05, 0.1) is 10.6 Å². The Morgan fingerprint density at radius 2 is 1.70 bits per heavy atom. The molecule has 20 heavy (non-hydrogen) atoms. The normalized spacial score (nSPS) is 15.6. The van der Waals surface area contributed by atoms with E-state index in [-0.39, 0.29) is 16.4 Å². The standard InChI is InChI=1S/C10H4F3N3O4/c11-10(12,13)8-7(17)9(18)15(14-8)5-1-3-6(4-2-5)16(19)20/h1-4H. The van der Waals surface area contributed by atoms with Gasteiger partial charge >= 0.3 is 12.1 Å². The molecule has 1 amide bonds. The minimum atomic E-state index is -5.04. The van der Waals surface area contributed by atoms with Gasteiger partial charge in [0.2, 0.25) is 5.71 Å². The van der Waals surface area contributed by atoms with Crippen molar-refractivity contribution in [3.05, 3.63) is 34.4 Å². The van der Waals surface area contributed by atoms with Gasteiger partial charge in [-0.2, -0.15) is 23.3 Å². The van der Waals surface area contributed by atoms with E-state index in [2.05, 4.69) is 5.10 Å². The lowest BCUT2D eigenvalue weighted by atomic mass is 10.2. The number of hydrogen-bond acceptors (Lipinski definition) is 5. The van der Waals surface area contributed by atoms with Crippen LogP contribution in [0.4, 0.5) is 24.5 Å². The number of ketones is 1. The molecule has 0 aromatic heterocycles. The SMILES string of the molecule is O=C1C(=O)N(c2ccc([N+](=O)[O-])cc2)N=C1C(F)(F)F. The number of nitrogens with zero attached hydrogens (tertiary/aromatic N) is 3. The average Bonchev–Trinajstić information content (AvgIpc) is 2.66. The van der Waals surface area contributed by atoms with Gasteiger partial charge in [-0.15, -0.1) is 0 Å². The number of nitro benzene ring substituents is 1. The molecule has 0 radical (unpaired) electrons. The molecule has 0 unspecified atom stereocenters. The lowest BCUT2D eigenvalue weighted by Crippen LogP contribution is -2.33. The largest absolute Gasteiger partial charge is 0.439 e. The molecule has 2 rings (SSSR count). The van der Waals surface area contributed by atoms with E-state index in [1.807, 2.05) is 0 Å². The highest BCUT2D eigenvalue weighted by atomic mass is 19.4. The van der Waals surface area contributed by atoms with Crippen molar-refractivity contribution in [3.63, 3.8) is 0 Å². The van der Waals surface area contributed by atoms with E-state index in [1.54, 1.807) is 0 Å². The van der Waals surface area contributed by atoms with Crippen molar-refractivity contribution >= 4 is 28.8 Å². The number of rotatable bonds is 2. The van der Waals surface area contributed by atoms with Gasteiger partial charge in [0.1, 0.15) is 0 Å². The van der Waals surface area contributed by atoms with Gasteiger partial charge in [0.15, 0.2) is 0 Å². The fourth-order valence-corrected chi connectivity index (χ4v) is 1.46. The van der Waals surface area contributed by atoms with Crippen LogP contribution in [0.1, 0.15) is 0 Å². The first-order chi connectivity index (χ1) is 9.21. The number of nitro groups is 1. The highest BCUT2D eigenvalue weighted by molar-refractivity contribution is 6.70. The second-order valence-corrected chi connectivity index (χ2v) is 3.67. The zero-order chi connectivity index (χ0) is 15.1. The quantitative estimate of drug-likeness (QED) is 0.467. The smallest absolute Gasteiger partial charge is 0.281 e. The molecule has 1 aliphatic heterocycles. The zero-order valence-corrected chi connectivity index (χ0v) is 9.42. The summed E-state index contributed by atoms with van der Waals surface area (Å²) in [6.45, 7) is 0. The summed E-state index contributed by atoms with van der Waals surface area (Å²) in [4.78, 5) is 32.3. The number of alkyl halides is 3. The summed E-state index contributed by atoms with van der Waals surface area (Å²) in [6, 6.07) is 4.00. The van der Waals surface area contributed by atoms with Crippen LogP contribution >= 0.6 is 0 Å². The van der Waals surface area contributed by atoms with Gasteiger partial charge in [0.25, 0.3) is 11.5 Å². The van der Waals surface area contributed by atoms with Gasteiger partial charge in [-0.1, -0.05) is 0 Å². The van der Waals surface area contributed by atoms with Crippen LogP contribution < -0.4 is 5.01 Å². The van der Waals surface area contributed by atoms with E-state index in [1.165, 1.54) is 0 Å². The fourth-order valence-electron chi connectivity index (χ4n) is 1.46. The van der Waals surface area contributed by atoms with E-state index in [4.69, 9.17) is 0 Å². The molecule has 7 nitrogen and oxygen atoms in total. The monoisotopic (exact) mass is 287 g/mol. The molecule has 1 heterocycles. The average molecular weight is 287 g/mol. The van der Waals surface area contributed by atoms with Crippen LogP contribution in [0, 0.1) is 10.1 Å². The van der Waals surface area contributed by atoms with Crippen LogP contribution in [0.3, 0.4) is 0 Å². The summed E-state index contributed by atoms with van der Waals surface area (Å²) in [7, 11) is 0. The Bertz CT molecular complexity index is 636. The Balaban J connectivity index is 2.38. The lowest BCUT2D eigenvalue weighted by Gasteiger charge is -2.09. The molecule has 1 aromatic carbocycles. The highest BCUT2D eigenvalue weighted by Crippen LogP contribution is 2.27. The minimum Gasteiger partial charge on any atom is -0.281 e. The van der Waals surface area contributed by atoms with Gasteiger partial charge in [-0.3, -0.25) is 19.7 Å². The minimum absolute atomic E-state index is 0.173. The Kier molecular flexibility index (Phi) is 3.00. The zero-order valence-electron chi connectivity index (χ0n) is 9.42. The number of carbonyl (C=O) groups excluding carboxylic acids is 2. The summed E-state index contributed by atoms with van der Waals surface area (Å²) in [5.41, 5.74) is -2.30. The summed E-state index contributed by atoms with van der Waals surface area (Å²) in [5.74, 6) is -3.23. The number of benzene rings is 1. The molecule has 0 saturated heterocycles. The molecule has 0 fully saturated rings. The summed E-state index contributed by atoms with van der Waals surface area (Å²) in [5, 5.41) is 13.6. The number of hydrogen-bond donors (Lipinski definition) is 0. The second-order valence-electron chi connectivity index (χ2n) is 3.67. The van der Waals surface area contributed by atoms with Crippen LogP contribution in [0.25, 0.3) is 0 Å². The maximum absolute atomic E-state index is 12.4. The van der Waals surface area contributed by atoms with Crippen LogP contribution in [-0.2, 0) is 9.59 Å². The molecule has 0 spiro atoms. The number of anilines is 1. The molecule has 0 aliphatic carbocycles. The molecule has 0 atom stereocenters. The third-order valence-electron chi connectivity index (χ3n) is 2.38. The predicted molar refractivity (Wildman–Crippen MR) is 59.1 cm³/mol. The van der Waals surface area contributed by atoms with E-state index in [0.29, 0.717) is 0 Å². The van der Waals surface area contributed by atoms with Crippen molar-refractivity contribution in [2.24, 2.45) is 5.10 Å². The molecule has 0 saturated carbocycles. The van der Waals surface area contributed by atoms with Gasteiger partial charge in [-0.25, -0.2) is 0 Å². The first-order valence-corrected chi connectivity index (χ1v) is 5.01. The molecule has 0 bridgehead atoms. The van der Waals surface area contributed by atoms with E-state index in [0.717, 1.165) is 24.3 Å². The number of non-ortho nitro benzene ring substituents is 1. The Morgan fingerprint density at radius 1 is 1.15 bits per heavy atom. The molecule has 0 N–H and O–H groups in total. The summed E-state index contributed by atoms with van der Waals surface area (Å²) < 4.78 is 37.3. The predicted octanol–water partition coefficient (Wildman–Crippen LogP) is 1.43. The van der Waals surface area contributed by atoms with Crippen molar-refractivity contribution in [2.75, 3.05) is 5.01 Å². The van der Waals surface area contributed by atoms with Gasteiger partial charge in [-0.05, 0) is 12.1 Å². The van der Waals surface area contributed by atoms with Crippen molar-refractivity contribution in [1.29, 1.82) is 0 Å². The molecule has 1 aromatic rings. The first-order valence-electron chi connectivity index (χ1n) is 5.01. The third kappa shape index (κ3) is 2.22. The van der Waals surface area contributed by atoms with Crippen LogP contribution in [-0.4, -0.2) is 28.5 Å². The fraction of sp³-hybridized carbons (Fsp3) is 0.100. The maximum Gasteiger partial charge on any atom is 0.439 e. The number of amides is 1. The highest BCUT2D eigenvalue weighted by Gasteiger charge is 2.49. The maximum atomic E-state index is 12.4. The van der Waals surface area contributed by atoms with Crippen molar-refractivity contribution in [2.45, 2.75) is 6.18 Å². The number of halogens is 3. The Hall–Kier alpha value is -2.78. The third-order valence-corrected chi connectivity index (χ3v) is 2.38. The van der Waals surface area contributed by atoms with Crippen LogP contribution in [0.15, 0.2) is 29.4 Å². The first kappa shape index (κ1) is 13.6. The number of carbonyl (C=O) groups is 2. The van der Waals surface area contributed by atoms with E-state index < -0.39 is 28.5 Å². The Morgan fingerprint density at radius 3 is 2.10 bits per heavy atom. The van der Waals surface area contributed by atoms with E-state index in [9.17, 15) is 32.9 Å². The Labute approximate surface area is 108 Å². The van der Waals surface area contributed by atoms with Gasteiger partial charge in [0, 0.05) is 12.1 Å². The van der Waals surface area contributed by atoms with E-state index >= 15 is 0 Å². The van der Waals surface area contributed by atoms with Crippen molar-refractivity contribution < 1.29 is 27.7 Å². The van der Waals surface area contributed by atoms with Gasteiger partial charge < -0.3 is 0 Å². The molecule has 10 heteroatoms. The lowest BCUT2D eigenvalue weighted by molar-refractivity contribution is -0.384. The van der Waals surface area contributed by atoms with Crippen LogP contribution in [0.5, 0.6) is 0 Å². The topological polar surface area (TPSA) is 92.9 Å². The van der Waals surface area contributed by atoms with Crippen molar-refractivity contribution in [3.8, 4) is 0 Å².